The molecule has 1 heterocycles. The summed E-state index contributed by atoms with van der Waals surface area (Å²) in [6, 6.07) is 10.3. The number of hydrogen-bond acceptors (Lipinski definition) is 6. The van der Waals surface area contributed by atoms with Crippen molar-refractivity contribution in [2.45, 2.75) is 0 Å². The number of methoxy groups -OCH3 is 1. The molecule has 0 fully saturated rings. The van der Waals surface area contributed by atoms with Gasteiger partial charge in [0.1, 0.15) is 11.1 Å². The van der Waals surface area contributed by atoms with E-state index in [0.29, 0.717) is 27.6 Å². The normalized spacial score (nSPS) is 9.41. The summed E-state index contributed by atoms with van der Waals surface area (Å²) in [6.07, 6.45) is 0. The lowest BCUT2D eigenvalue weighted by Gasteiger charge is -2.10. The predicted octanol–water partition coefficient (Wildman–Crippen LogP) is 2.52. The van der Waals surface area contributed by atoms with Crippen LogP contribution in [0.15, 0.2) is 29.6 Å². The van der Waals surface area contributed by atoms with E-state index < -0.39 is 0 Å². The molecule has 110 valence electrons. The Kier molecular flexibility index (Phi) is 4.97. The van der Waals surface area contributed by atoms with Crippen LogP contribution in [0.3, 0.4) is 0 Å². The van der Waals surface area contributed by atoms with Crippen molar-refractivity contribution in [1.29, 1.82) is 10.5 Å². The summed E-state index contributed by atoms with van der Waals surface area (Å²) in [6.45, 7) is -0.231. The zero-order chi connectivity index (χ0) is 15.9. The van der Waals surface area contributed by atoms with Crippen LogP contribution in [-0.2, 0) is 4.79 Å². The molecule has 1 aromatic heterocycles. The van der Waals surface area contributed by atoms with Crippen LogP contribution in [0.5, 0.6) is 11.5 Å². The Labute approximate surface area is 131 Å². The van der Waals surface area contributed by atoms with E-state index in [0.717, 1.165) is 0 Å². The molecule has 0 unspecified atom stereocenters. The molecule has 22 heavy (non-hydrogen) atoms. The van der Waals surface area contributed by atoms with Crippen LogP contribution < -0.4 is 14.8 Å². The molecule has 6 nitrogen and oxygen atoms in total. The van der Waals surface area contributed by atoms with E-state index in [-0.39, 0.29) is 12.5 Å². The number of amides is 1. The van der Waals surface area contributed by atoms with Crippen LogP contribution >= 0.6 is 11.3 Å². The fraction of sp³-hybridized carbons (Fsp3) is 0.133. The molecule has 0 radical (unpaired) electrons. The molecule has 2 rings (SSSR count). The van der Waals surface area contributed by atoms with Crippen LogP contribution in [0.25, 0.3) is 0 Å². The van der Waals surface area contributed by atoms with Crippen molar-refractivity contribution >= 4 is 22.2 Å². The van der Waals surface area contributed by atoms with E-state index in [9.17, 15) is 4.79 Å². The highest BCUT2D eigenvalue weighted by Gasteiger charge is 2.11. The second-order valence-corrected chi connectivity index (χ2v) is 5.01. The van der Waals surface area contributed by atoms with Gasteiger partial charge in [-0.05, 0) is 23.6 Å². The van der Waals surface area contributed by atoms with E-state index in [1.54, 1.807) is 23.6 Å². The number of nitrogens with one attached hydrogen (secondary N) is 1. The second-order valence-electron chi connectivity index (χ2n) is 4.09. The van der Waals surface area contributed by atoms with Gasteiger partial charge in [-0.15, -0.1) is 11.3 Å². The van der Waals surface area contributed by atoms with E-state index in [1.165, 1.54) is 24.5 Å². The van der Waals surface area contributed by atoms with E-state index in [4.69, 9.17) is 20.0 Å². The van der Waals surface area contributed by atoms with E-state index in [2.05, 4.69) is 5.32 Å². The third kappa shape index (κ3) is 3.54. The summed E-state index contributed by atoms with van der Waals surface area (Å²) in [4.78, 5) is 11.8. The summed E-state index contributed by atoms with van der Waals surface area (Å²) in [5.41, 5.74) is 0.847. The zero-order valence-electron chi connectivity index (χ0n) is 11.6. The third-order valence-corrected chi connectivity index (χ3v) is 3.52. The Morgan fingerprint density at radius 3 is 2.77 bits per heavy atom. The molecule has 0 saturated heterocycles. The smallest absolute Gasteiger partial charge is 0.262 e. The number of anilines is 1. The highest BCUT2D eigenvalue weighted by Crippen LogP contribution is 2.28. The van der Waals surface area contributed by atoms with Crippen LogP contribution in [0.1, 0.15) is 11.1 Å². The van der Waals surface area contributed by atoms with Gasteiger partial charge in [-0.25, -0.2) is 0 Å². The highest BCUT2D eigenvalue weighted by atomic mass is 32.1. The van der Waals surface area contributed by atoms with Gasteiger partial charge in [0.25, 0.3) is 5.91 Å². The fourth-order valence-corrected chi connectivity index (χ4v) is 2.41. The van der Waals surface area contributed by atoms with Gasteiger partial charge < -0.3 is 14.8 Å². The van der Waals surface area contributed by atoms with Crippen molar-refractivity contribution in [1.82, 2.24) is 0 Å². The number of benzene rings is 1. The Morgan fingerprint density at radius 1 is 1.27 bits per heavy atom. The minimum absolute atomic E-state index is 0.231. The molecule has 0 aliphatic carbocycles. The van der Waals surface area contributed by atoms with Gasteiger partial charge in [-0.2, -0.15) is 10.5 Å². The van der Waals surface area contributed by atoms with E-state index >= 15 is 0 Å². The van der Waals surface area contributed by atoms with Crippen molar-refractivity contribution < 1.29 is 14.3 Å². The molecular weight excluding hydrogens is 302 g/mol. The number of rotatable bonds is 5. The molecule has 0 aliphatic heterocycles. The minimum atomic E-state index is -0.384. The van der Waals surface area contributed by atoms with Crippen LogP contribution in [-0.4, -0.2) is 19.6 Å². The van der Waals surface area contributed by atoms with Gasteiger partial charge in [0.2, 0.25) is 0 Å². The van der Waals surface area contributed by atoms with Crippen molar-refractivity contribution in [2.24, 2.45) is 0 Å². The number of thiophene rings is 1. The minimum Gasteiger partial charge on any atom is -0.493 e. The first-order chi connectivity index (χ1) is 10.7. The molecule has 0 saturated carbocycles. The monoisotopic (exact) mass is 313 g/mol. The predicted molar refractivity (Wildman–Crippen MR) is 80.9 cm³/mol. The quantitative estimate of drug-likeness (QED) is 0.915. The molecule has 0 atom stereocenters. The number of nitrogens with zero attached hydrogens (tertiary/aromatic N) is 2. The topological polar surface area (TPSA) is 95.1 Å². The summed E-state index contributed by atoms with van der Waals surface area (Å²) < 4.78 is 10.5. The van der Waals surface area contributed by atoms with Gasteiger partial charge in [0.05, 0.1) is 24.3 Å². The zero-order valence-corrected chi connectivity index (χ0v) is 12.4. The number of ether oxygens (including phenoxy) is 2. The standard InChI is InChI=1S/C15H11N3O3S/c1-20-13-6-10(7-16)2-3-12(13)21-9-14(19)18-15-11(8-17)4-5-22-15/h2-6H,9H2,1H3,(H,18,19). The molecule has 1 amide bonds. The summed E-state index contributed by atoms with van der Waals surface area (Å²) in [7, 11) is 1.45. The van der Waals surface area contributed by atoms with Crippen molar-refractivity contribution in [3.8, 4) is 23.6 Å². The van der Waals surface area contributed by atoms with Crippen molar-refractivity contribution in [3.05, 3.63) is 40.8 Å². The molecular formula is C15H11N3O3S. The second kappa shape index (κ2) is 7.11. The fourth-order valence-electron chi connectivity index (χ4n) is 1.66. The maximum Gasteiger partial charge on any atom is 0.262 e. The van der Waals surface area contributed by atoms with Gasteiger partial charge in [0, 0.05) is 6.07 Å². The Morgan fingerprint density at radius 2 is 2.09 bits per heavy atom. The largest absolute Gasteiger partial charge is 0.493 e. The lowest BCUT2D eigenvalue weighted by atomic mass is 10.2. The van der Waals surface area contributed by atoms with Crippen LogP contribution in [0.4, 0.5) is 5.00 Å². The molecule has 1 aromatic carbocycles. The van der Waals surface area contributed by atoms with Gasteiger partial charge >= 0.3 is 0 Å². The number of hydrogen-bond donors (Lipinski definition) is 1. The lowest BCUT2D eigenvalue weighted by molar-refractivity contribution is -0.118. The number of carbonyl (C=O) groups is 1. The van der Waals surface area contributed by atoms with Gasteiger partial charge in [0.15, 0.2) is 18.1 Å². The first-order valence-corrected chi connectivity index (χ1v) is 7.04. The molecule has 2 aromatic rings. The Bertz CT molecular complexity index is 771. The SMILES string of the molecule is COc1cc(C#N)ccc1OCC(=O)Nc1sccc1C#N. The average molecular weight is 313 g/mol. The first-order valence-electron chi connectivity index (χ1n) is 6.16. The first kappa shape index (κ1) is 15.4. The van der Waals surface area contributed by atoms with Gasteiger partial charge in [-0.1, -0.05) is 0 Å². The summed E-state index contributed by atoms with van der Waals surface area (Å²) in [5, 5.41) is 22.5. The van der Waals surface area contributed by atoms with E-state index in [1.807, 2.05) is 12.1 Å². The van der Waals surface area contributed by atoms with Crippen molar-refractivity contribution in [3.63, 3.8) is 0 Å². The lowest BCUT2D eigenvalue weighted by Crippen LogP contribution is -2.20. The maximum atomic E-state index is 11.8. The van der Waals surface area contributed by atoms with Crippen LogP contribution in [0, 0.1) is 22.7 Å². The molecule has 7 heteroatoms. The average Bonchev–Trinajstić information content (AvgIpc) is 2.99. The highest BCUT2D eigenvalue weighted by molar-refractivity contribution is 7.14. The third-order valence-electron chi connectivity index (χ3n) is 2.69. The Hall–Kier alpha value is -3.03. The summed E-state index contributed by atoms with van der Waals surface area (Å²) >= 11 is 1.27. The molecule has 1 N–H and O–H groups in total. The number of carbonyl (C=O) groups excluding carboxylic acids is 1. The number of nitriles is 2. The Balaban J connectivity index is 2.00. The van der Waals surface area contributed by atoms with Crippen LogP contribution in [0.2, 0.25) is 0 Å². The summed E-state index contributed by atoms with van der Waals surface area (Å²) in [5.74, 6) is 0.356. The molecule has 0 bridgehead atoms. The molecule has 0 spiro atoms. The maximum absolute atomic E-state index is 11.8. The van der Waals surface area contributed by atoms with Gasteiger partial charge in [-0.3, -0.25) is 4.79 Å². The van der Waals surface area contributed by atoms with Crippen molar-refractivity contribution in [2.75, 3.05) is 19.0 Å². The molecule has 0 aliphatic rings.